The predicted molar refractivity (Wildman–Crippen MR) is 78.1 cm³/mol. The first-order valence-corrected chi connectivity index (χ1v) is 6.97. The Hall–Kier alpha value is -1.03. The molecule has 1 aromatic rings. The van der Waals surface area contributed by atoms with Crippen molar-refractivity contribution in [3.63, 3.8) is 0 Å². The number of rotatable bonds is 3. The minimum atomic E-state index is 0.0411. The third kappa shape index (κ3) is 2.53. The van der Waals surface area contributed by atoms with E-state index >= 15 is 0 Å². The summed E-state index contributed by atoms with van der Waals surface area (Å²) in [6, 6.07) is 6.44. The van der Waals surface area contributed by atoms with Crippen LogP contribution in [0.25, 0.3) is 0 Å². The van der Waals surface area contributed by atoms with Gasteiger partial charge in [-0.15, -0.1) is 0 Å². The van der Waals surface area contributed by atoms with E-state index < -0.39 is 0 Å². The topological polar surface area (TPSA) is 32.3 Å². The lowest BCUT2D eigenvalue weighted by Gasteiger charge is -2.25. The quantitative estimate of drug-likeness (QED) is 0.931. The number of benzene rings is 1. The highest BCUT2D eigenvalue weighted by Gasteiger charge is 2.37. The second kappa shape index (κ2) is 4.92. The van der Waals surface area contributed by atoms with Crippen LogP contribution in [0.1, 0.15) is 25.8 Å². The van der Waals surface area contributed by atoms with E-state index in [1.807, 2.05) is 0 Å². The van der Waals surface area contributed by atoms with Gasteiger partial charge in [-0.3, -0.25) is 4.79 Å². The van der Waals surface area contributed by atoms with Crippen molar-refractivity contribution >= 4 is 27.5 Å². The Bertz CT molecular complexity index is 475. The lowest BCUT2D eigenvalue weighted by atomic mass is 9.81. The molecule has 3 nitrogen and oxygen atoms in total. The molecule has 4 heteroatoms. The average molecular weight is 311 g/mol. The lowest BCUT2D eigenvalue weighted by Crippen LogP contribution is -2.33. The van der Waals surface area contributed by atoms with Gasteiger partial charge in [-0.05, 0) is 30.2 Å². The van der Waals surface area contributed by atoms with Gasteiger partial charge in [-0.1, -0.05) is 22.9 Å². The standard InChI is InChI=1S/C14H19BrN2O/c1-10(18)16-7-6-14(2)9-17(3)13-5-4-11(15)8-12(13)14/h4-5,8H,6-7,9H2,1-3H3,(H,16,18). The summed E-state index contributed by atoms with van der Waals surface area (Å²) in [4.78, 5) is 13.2. The highest BCUT2D eigenvalue weighted by Crippen LogP contribution is 2.42. The molecule has 0 saturated carbocycles. The Morgan fingerprint density at radius 3 is 2.94 bits per heavy atom. The Morgan fingerprint density at radius 2 is 2.28 bits per heavy atom. The van der Waals surface area contributed by atoms with Gasteiger partial charge in [0.05, 0.1) is 0 Å². The number of hydrogen-bond donors (Lipinski definition) is 1. The van der Waals surface area contributed by atoms with E-state index in [1.165, 1.54) is 11.3 Å². The number of carbonyl (C=O) groups is 1. The summed E-state index contributed by atoms with van der Waals surface area (Å²) in [5.41, 5.74) is 2.77. The fourth-order valence-corrected chi connectivity index (χ4v) is 3.11. The summed E-state index contributed by atoms with van der Waals surface area (Å²) in [6.07, 6.45) is 0.959. The van der Waals surface area contributed by atoms with E-state index in [1.54, 1.807) is 6.92 Å². The van der Waals surface area contributed by atoms with Gasteiger partial charge in [-0.25, -0.2) is 0 Å². The van der Waals surface area contributed by atoms with Crippen molar-refractivity contribution < 1.29 is 4.79 Å². The Labute approximate surface area is 117 Å². The summed E-state index contributed by atoms with van der Waals surface area (Å²) in [7, 11) is 2.12. The van der Waals surface area contributed by atoms with Crippen LogP contribution in [0, 0.1) is 0 Å². The third-order valence-corrected chi connectivity index (χ3v) is 4.15. The van der Waals surface area contributed by atoms with Crippen molar-refractivity contribution in [2.45, 2.75) is 25.7 Å². The molecule has 1 atom stereocenters. The molecule has 18 heavy (non-hydrogen) atoms. The van der Waals surface area contributed by atoms with Gasteiger partial charge in [0.15, 0.2) is 0 Å². The molecular weight excluding hydrogens is 292 g/mol. The van der Waals surface area contributed by atoms with Gasteiger partial charge in [0.2, 0.25) is 5.91 Å². The summed E-state index contributed by atoms with van der Waals surface area (Å²) < 4.78 is 1.11. The number of nitrogens with zero attached hydrogens (tertiary/aromatic N) is 1. The lowest BCUT2D eigenvalue weighted by molar-refractivity contribution is -0.119. The number of nitrogens with one attached hydrogen (secondary N) is 1. The van der Waals surface area contributed by atoms with Gasteiger partial charge in [-0.2, -0.15) is 0 Å². The van der Waals surface area contributed by atoms with Crippen LogP contribution in [0.4, 0.5) is 5.69 Å². The molecule has 1 aliphatic heterocycles. The van der Waals surface area contributed by atoms with Crippen LogP contribution in [0.15, 0.2) is 22.7 Å². The molecular formula is C14H19BrN2O. The molecule has 0 saturated heterocycles. The molecule has 0 radical (unpaired) electrons. The summed E-state index contributed by atoms with van der Waals surface area (Å²) in [6.45, 7) is 5.56. The van der Waals surface area contributed by atoms with Gasteiger partial charge < -0.3 is 10.2 Å². The molecule has 1 amide bonds. The van der Waals surface area contributed by atoms with E-state index in [0.717, 1.165) is 24.0 Å². The zero-order valence-corrected chi connectivity index (χ0v) is 12.7. The second-order valence-electron chi connectivity index (χ2n) is 5.31. The van der Waals surface area contributed by atoms with Crippen molar-refractivity contribution in [3.8, 4) is 0 Å². The number of likely N-dealkylation sites (N-methyl/N-ethyl adjacent to an activating group) is 1. The molecule has 1 N–H and O–H groups in total. The smallest absolute Gasteiger partial charge is 0.216 e. The number of halogens is 1. The van der Waals surface area contributed by atoms with Gasteiger partial charge in [0.1, 0.15) is 0 Å². The van der Waals surface area contributed by atoms with Crippen LogP contribution in [0.2, 0.25) is 0 Å². The average Bonchev–Trinajstić information content (AvgIpc) is 2.50. The fourth-order valence-electron chi connectivity index (χ4n) is 2.75. The molecule has 0 aliphatic carbocycles. The summed E-state index contributed by atoms with van der Waals surface area (Å²) in [5, 5.41) is 2.89. The van der Waals surface area contributed by atoms with Gasteiger partial charge in [0.25, 0.3) is 0 Å². The van der Waals surface area contributed by atoms with Crippen LogP contribution in [-0.4, -0.2) is 26.0 Å². The third-order valence-electron chi connectivity index (χ3n) is 3.66. The van der Waals surface area contributed by atoms with Crippen molar-refractivity contribution in [3.05, 3.63) is 28.2 Å². The second-order valence-corrected chi connectivity index (χ2v) is 6.23. The van der Waals surface area contributed by atoms with E-state index in [-0.39, 0.29) is 11.3 Å². The molecule has 0 fully saturated rings. The molecule has 1 aromatic carbocycles. The Morgan fingerprint density at radius 1 is 1.56 bits per heavy atom. The number of hydrogen-bond acceptors (Lipinski definition) is 2. The molecule has 0 bridgehead atoms. The maximum atomic E-state index is 11.0. The summed E-state index contributed by atoms with van der Waals surface area (Å²) in [5.74, 6) is 0.0411. The monoisotopic (exact) mass is 310 g/mol. The van der Waals surface area contributed by atoms with Crippen LogP contribution in [0.3, 0.4) is 0 Å². The van der Waals surface area contributed by atoms with E-state index in [0.29, 0.717) is 0 Å². The Balaban J connectivity index is 2.20. The van der Waals surface area contributed by atoms with Crippen molar-refractivity contribution in [2.75, 3.05) is 25.0 Å². The molecule has 0 aromatic heterocycles. The maximum Gasteiger partial charge on any atom is 0.216 e. The van der Waals surface area contributed by atoms with Gasteiger partial charge >= 0.3 is 0 Å². The normalized spacial score (nSPS) is 21.9. The van der Waals surface area contributed by atoms with Crippen molar-refractivity contribution in [1.29, 1.82) is 0 Å². The molecule has 1 aliphatic rings. The zero-order chi connectivity index (χ0) is 13.3. The maximum absolute atomic E-state index is 11.0. The molecule has 1 unspecified atom stereocenters. The SMILES string of the molecule is CC(=O)NCCC1(C)CN(C)c2ccc(Br)cc21. The van der Waals surface area contributed by atoms with Crippen LogP contribution >= 0.6 is 15.9 Å². The number of carbonyl (C=O) groups excluding carboxylic acids is 1. The predicted octanol–water partition coefficient (Wildman–Crippen LogP) is 2.68. The van der Waals surface area contributed by atoms with Crippen LogP contribution < -0.4 is 10.2 Å². The Kier molecular flexibility index (Phi) is 3.66. The van der Waals surface area contributed by atoms with Gasteiger partial charge in [0, 0.05) is 42.6 Å². The van der Waals surface area contributed by atoms with Crippen LogP contribution in [0.5, 0.6) is 0 Å². The first-order chi connectivity index (χ1) is 8.42. The molecule has 98 valence electrons. The first-order valence-electron chi connectivity index (χ1n) is 6.18. The number of fused-ring (bicyclic) bond motifs is 1. The van der Waals surface area contributed by atoms with E-state index in [9.17, 15) is 4.79 Å². The first kappa shape index (κ1) is 13.4. The minimum Gasteiger partial charge on any atom is -0.373 e. The highest BCUT2D eigenvalue weighted by atomic mass is 79.9. The zero-order valence-electron chi connectivity index (χ0n) is 11.1. The van der Waals surface area contributed by atoms with E-state index in [4.69, 9.17) is 0 Å². The number of amides is 1. The van der Waals surface area contributed by atoms with Crippen molar-refractivity contribution in [2.24, 2.45) is 0 Å². The van der Waals surface area contributed by atoms with E-state index in [2.05, 4.69) is 58.3 Å². The van der Waals surface area contributed by atoms with Crippen LogP contribution in [-0.2, 0) is 10.2 Å². The fraction of sp³-hybridized carbons (Fsp3) is 0.500. The largest absolute Gasteiger partial charge is 0.373 e. The van der Waals surface area contributed by atoms with Crippen molar-refractivity contribution in [1.82, 2.24) is 5.32 Å². The summed E-state index contributed by atoms with van der Waals surface area (Å²) >= 11 is 3.54. The minimum absolute atomic E-state index is 0.0411. The molecule has 1 heterocycles. The molecule has 2 rings (SSSR count). The number of anilines is 1. The highest BCUT2D eigenvalue weighted by molar-refractivity contribution is 9.10. The molecule has 0 spiro atoms.